The van der Waals surface area contributed by atoms with Crippen LogP contribution in [-0.4, -0.2) is 30.9 Å². The number of rotatable bonds is 3. The van der Waals surface area contributed by atoms with Gasteiger partial charge < -0.3 is 10.4 Å². The Labute approximate surface area is 112 Å². The number of carbonyl (C=O) groups is 1. The van der Waals surface area contributed by atoms with Crippen LogP contribution in [0.5, 0.6) is 5.75 Å². The number of sulfone groups is 1. The Kier molecular flexibility index (Phi) is 3.80. The molecular formula is C13H17NO4S. The number of phenolic OH excluding ortho intramolecular Hbond substituents is 1. The van der Waals surface area contributed by atoms with E-state index in [1.807, 2.05) is 0 Å². The summed E-state index contributed by atoms with van der Waals surface area (Å²) in [7, 11) is -2.94. The van der Waals surface area contributed by atoms with Crippen LogP contribution in [-0.2, 0) is 14.6 Å². The molecule has 2 N–H and O–H groups in total. The van der Waals surface area contributed by atoms with Crippen LogP contribution < -0.4 is 5.32 Å². The fourth-order valence-corrected chi connectivity index (χ4v) is 4.15. The second kappa shape index (κ2) is 5.21. The van der Waals surface area contributed by atoms with Gasteiger partial charge in [0.2, 0.25) is 5.91 Å². The van der Waals surface area contributed by atoms with Gasteiger partial charge in [0, 0.05) is 12.1 Å². The maximum Gasteiger partial charge on any atom is 0.224 e. The molecule has 2 rings (SSSR count). The Hall–Kier alpha value is -1.56. The monoisotopic (exact) mass is 283 g/mol. The summed E-state index contributed by atoms with van der Waals surface area (Å²) in [5.74, 6) is 0.175. The summed E-state index contributed by atoms with van der Waals surface area (Å²) in [5, 5.41) is 12.0. The number of hydrogen-bond acceptors (Lipinski definition) is 4. The van der Waals surface area contributed by atoms with Gasteiger partial charge in [-0.2, -0.15) is 0 Å². The number of benzene rings is 1. The zero-order valence-corrected chi connectivity index (χ0v) is 11.5. The highest BCUT2D eigenvalue weighted by molar-refractivity contribution is 7.91. The number of anilines is 1. The van der Waals surface area contributed by atoms with Gasteiger partial charge in [0.25, 0.3) is 0 Å². The van der Waals surface area contributed by atoms with Gasteiger partial charge in [0.05, 0.1) is 11.5 Å². The van der Waals surface area contributed by atoms with Gasteiger partial charge >= 0.3 is 0 Å². The molecule has 0 saturated carbocycles. The van der Waals surface area contributed by atoms with E-state index in [1.54, 1.807) is 19.1 Å². The molecule has 5 nitrogen and oxygen atoms in total. The summed E-state index contributed by atoms with van der Waals surface area (Å²) in [6, 6.07) is 4.70. The third-order valence-corrected chi connectivity index (χ3v) is 5.12. The van der Waals surface area contributed by atoms with Crippen molar-refractivity contribution in [3.63, 3.8) is 0 Å². The highest BCUT2D eigenvalue weighted by Gasteiger charge is 2.29. The molecule has 19 heavy (non-hydrogen) atoms. The highest BCUT2D eigenvalue weighted by Crippen LogP contribution is 2.24. The minimum atomic E-state index is -2.94. The molecule has 1 aliphatic heterocycles. The minimum Gasteiger partial charge on any atom is -0.508 e. The van der Waals surface area contributed by atoms with E-state index in [-0.39, 0.29) is 35.5 Å². The van der Waals surface area contributed by atoms with Crippen molar-refractivity contribution in [2.24, 2.45) is 5.92 Å². The zero-order valence-electron chi connectivity index (χ0n) is 10.7. The van der Waals surface area contributed by atoms with Crippen molar-refractivity contribution in [3.8, 4) is 5.75 Å². The fraction of sp³-hybridized carbons (Fsp3) is 0.462. The van der Waals surface area contributed by atoms with Crippen LogP contribution in [0.15, 0.2) is 18.2 Å². The molecule has 1 fully saturated rings. The SMILES string of the molecule is Cc1cc(O)ccc1NC(=O)CC1CCS(=O)(=O)C1. The number of aromatic hydroxyl groups is 1. The standard InChI is InChI=1S/C13H17NO4S/c1-9-6-11(15)2-3-12(9)14-13(16)7-10-4-5-19(17,18)8-10/h2-3,6,10,15H,4-5,7-8H2,1H3,(H,14,16). The van der Waals surface area contributed by atoms with Crippen LogP contribution in [0.2, 0.25) is 0 Å². The molecule has 0 bridgehead atoms. The van der Waals surface area contributed by atoms with Gasteiger partial charge in [-0.25, -0.2) is 8.42 Å². The predicted octanol–water partition coefficient (Wildman–Crippen LogP) is 1.46. The van der Waals surface area contributed by atoms with Crippen molar-refractivity contribution in [2.45, 2.75) is 19.8 Å². The average molecular weight is 283 g/mol. The van der Waals surface area contributed by atoms with Crippen molar-refractivity contribution in [2.75, 3.05) is 16.8 Å². The Morgan fingerprint density at radius 3 is 2.79 bits per heavy atom. The molecule has 1 aliphatic rings. The number of carbonyl (C=O) groups excluding carboxylic acids is 1. The minimum absolute atomic E-state index is 0.0811. The number of phenols is 1. The Morgan fingerprint density at radius 1 is 1.47 bits per heavy atom. The van der Waals surface area contributed by atoms with Crippen LogP contribution in [0.1, 0.15) is 18.4 Å². The average Bonchev–Trinajstić information content (AvgIpc) is 2.62. The summed E-state index contributed by atoms with van der Waals surface area (Å²) in [5.41, 5.74) is 1.41. The van der Waals surface area contributed by atoms with E-state index >= 15 is 0 Å². The lowest BCUT2D eigenvalue weighted by molar-refractivity contribution is -0.116. The van der Waals surface area contributed by atoms with E-state index in [1.165, 1.54) is 6.07 Å². The molecule has 1 amide bonds. The molecule has 1 aromatic carbocycles. The first-order chi connectivity index (χ1) is 8.85. The molecule has 6 heteroatoms. The molecule has 104 valence electrons. The second-order valence-corrected chi connectivity index (χ2v) is 7.25. The van der Waals surface area contributed by atoms with E-state index in [4.69, 9.17) is 0 Å². The van der Waals surface area contributed by atoms with Crippen LogP contribution in [0.4, 0.5) is 5.69 Å². The predicted molar refractivity (Wildman–Crippen MR) is 72.9 cm³/mol. The molecule has 0 spiro atoms. The van der Waals surface area contributed by atoms with Crippen LogP contribution in [0.3, 0.4) is 0 Å². The highest BCUT2D eigenvalue weighted by atomic mass is 32.2. The summed E-state index contributed by atoms with van der Waals surface area (Å²) in [6.07, 6.45) is 0.782. The van der Waals surface area contributed by atoms with E-state index < -0.39 is 9.84 Å². The summed E-state index contributed by atoms with van der Waals surface area (Å²) < 4.78 is 22.6. The lowest BCUT2D eigenvalue weighted by Crippen LogP contribution is -2.17. The van der Waals surface area contributed by atoms with Crippen molar-refractivity contribution in [3.05, 3.63) is 23.8 Å². The summed E-state index contributed by atoms with van der Waals surface area (Å²) in [4.78, 5) is 11.8. The van der Waals surface area contributed by atoms with Crippen molar-refractivity contribution in [1.82, 2.24) is 0 Å². The lowest BCUT2D eigenvalue weighted by atomic mass is 10.0. The molecule has 0 radical (unpaired) electrons. The Morgan fingerprint density at radius 2 is 2.21 bits per heavy atom. The van der Waals surface area contributed by atoms with Crippen molar-refractivity contribution >= 4 is 21.4 Å². The first kappa shape index (κ1) is 13.9. The van der Waals surface area contributed by atoms with Crippen molar-refractivity contribution < 1.29 is 18.3 Å². The van der Waals surface area contributed by atoms with Gasteiger partial charge in [-0.15, -0.1) is 0 Å². The molecule has 1 atom stereocenters. The smallest absolute Gasteiger partial charge is 0.224 e. The third kappa shape index (κ3) is 3.70. The van der Waals surface area contributed by atoms with E-state index in [9.17, 15) is 18.3 Å². The molecule has 1 heterocycles. The molecule has 1 saturated heterocycles. The van der Waals surface area contributed by atoms with Crippen molar-refractivity contribution in [1.29, 1.82) is 0 Å². The number of aryl methyl sites for hydroxylation is 1. The Bertz CT molecular complexity index is 595. The van der Waals surface area contributed by atoms with E-state index in [0.717, 1.165) is 5.56 Å². The third-order valence-electron chi connectivity index (χ3n) is 3.28. The van der Waals surface area contributed by atoms with E-state index in [0.29, 0.717) is 12.1 Å². The second-order valence-electron chi connectivity index (χ2n) is 5.02. The van der Waals surface area contributed by atoms with Gasteiger partial charge in [0.1, 0.15) is 5.75 Å². The molecule has 0 aromatic heterocycles. The number of amides is 1. The fourth-order valence-electron chi connectivity index (χ4n) is 2.28. The molecule has 1 aromatic rings. The first-order valence-electron chi connectivity index (χ1n) is 6.15. The largest absolute Gasteiger partial charge is 0.508 e. The summed E-state index contributed by atoms with van der Waals surface area (Å²) >= 11 is 0. The Balaban J connectivity index is 1.95. The van der Waals surface area contributed by atoms with Gasteiger partial charge in [0.15, 0.2) is 9.84 Å². The maximum absolute atomic E-state index is 11.8. The van der Waals surface area contributed by atoms with E-state index in [2.05, 4.69) is 5.32 Å². The quantitative estimate of drug-likeness (QED) is 0.823. The topological polar surface area (TPSA) is 83.5 Å². The zero-order chi connectivity index (χ0) is 14.0. The molecule has 1 unspecified atom stereocenters. The number of nitrogens with one attached hydrogen (secondary N) is 1. The molecule has 0 aliphatic carbocycles. The normalized spacial score (nSPS) is 21.2. The molecular weight excluding hydrogens is 266 g/mol. The first-order valence-corrected chi connectivity index (χ1v) is 7.98. The summed E-state index contributed by atoms with van der Waals surface area (Å²) in [6.45, 7) is 1.79. The van der Waals surface area contributed by atoms with Crippen LogP contribution >= 0.6 is 0 Å². The lowest BCUT2D eigenvalue weighted by Gasteiger charge is -2.11. The van der Waals surface area contributed by atoms with Crippen LogP contribution in [0, 0.1) is 12.8 Å². The maximum atomic E-state index is 11.8. The van der Waals surface area contributed by atoms with Crippen LogP contribution in [0.25, 0.3) is 0 Å². The number of hydrogen-bond donors (Lipinski definition) is 2. The van der Waals surface area contributed by atoms with Gasteiger partial charge in [-0.05, 0) is 43.0 Å². The van der Waals surface area contributed by atoms with Gasteiger partial charge in [-0.1, -0.05) is 0 Å². The van der Waals surface area contributed by atoms with Gasteiger partial charge in [-0.3, -0.25) is 4.79 Å².